The normalized spacial score (nSPS) is 14.6. The summed E-state index contributed by atoms with van der Waals surface area (Å²) in [5.41, 5.74) is 0.935. The molecule has 1 N–H and O–H groups in total. The van der Waals surface area contributed by atoms with Gasteiger partial charge in [0.15, 0.2) is 0 Å². The Balaban J connectivity index is 2.91. The highest BCUT2D eigenvalue weighted by molar-refractivity contribution is 5.72. The van der Waals surface area contributed by atoms with Crippen LogP contribution in [0.1, 0.15) is 31.9 Å². The fourth-order valence-electron chi connectivity index (χ4n) is 1.89. The molecular formula is C13H18FNO2. The predicted molar refractivity (Wildman–Crippen MR) is 64.3 cm³/mol. The number of carbonyl (C=O) groups is 1. The maximum Gasteiger partial charge on any atom is 0.320 e. The van der Waals surface area contributed by atoms with Crippen molar-refractivity contribution < 1.29 is 14.3 Å². The lowest BCUT2D eigenvalue weighted by Crippen LogP contribution is -2.38. The van der Waals surface area contributed by atoms with Crippen molar-refractivity contribution in [3.8, 4) is 0 Å². The van der Waals surface area contributed by atoms with E-state index in [0.29, 0.717) is 0 Å². The standard InChI is InChI=1S/C13H18FNO2/c1-4-12(15(3)9(2)13(16)17)10-5-7-11(14)8-6-10/h5-9,12H,4H2,1-3H3,(H,16,17). The van der Waals surface area contributed by atoms with Crippen molar-refractivity contribution in [1.82, 2.24) is 4.90 Å². The molecule has 1 rings (SSSR count). The number of aliphatic carboxylic acids is 1. The molecule has 0 saturated heterocycles. The Morgan fingerprint density at radius 1 is 1.41 bits per heavy atom. The quantitative estimate of drug-likeness (QED) is 0.858. The van der Waals surface area contributed by atoms with Gasteiger partial charge in [0.05, 0.1) is 0 Å². The summed E-state index contributed by atoms with van der Waals surface area (Å²) in [5, 5.41) is 8.99. The number of hydrogen-bond acceptors (Lipinski definition) is 2. The minimum absolute atomic E-state index is 0.0123. The Hall–Kier alpha value is -1.42. The van der Waals surface area contributed by atoms with E-state index >= 15 is 0 Å². The molecule has 2 unspecified atom stereocenters. The zero-order valence-corrected chi connectivity index (χ0v) is 10.4. The molecule has 0 spiro atoms. The van der Waals surface area contributed by atoms with Crippen LogP contribution in [0.15, 0.2) is 24.3 Å². The van der Waals surface area contributed by atoms with Crippen LogP contribution in [0.2, 0.25) is 0 Å². The maximum absolute atomic E-state index is 12.8. The third kappa shape index (κ3) is 3.27. The topological polar surface area (TPSA) is 40.5 Å². The summed E-state index contributed by atoms with van der Waals surface area (Å²) in [6.45, 7) is 3.63. The third-order valence-electron chi connectivity index (χ3n) is 3.10. The van der Waals surface area contributed by atoms with Crippen LogP contribution in [0.25, 0.3) is 0 Å². The monoisotopic (exact) mass is 239 g/mol. The molecule has 0 aliphatic rings. The lowest BCUT2D eigenvalue weighted by Gasteiger charge is -2.30. The zero-order valence-electron chi connectivity index (χ0n) is 10.4. The van der Waals surface area contributed by atoms with Gasteiger partial charge in [-0.25, -0.2) is 4.39 Å². The number of likely N-dealkylation sites (N-methyl/N-ethyl adjacent to an activating group) is 1. The molecule has 1 aromatic rings. The first kappa shape index (κ1) is 13.6. The van der Waals surface area contributed by atoms with Crippen LogP contribution in [-0.4, -0.2) is 29.1 Å². The molecule has 0 radical (unpaired) electrons. The molecule has 0 saturated carbocycles. The van der Waals surface area contributed by atoms with Crippen molar-refractivity contribution in [2.75, 3.05) is 7.05 Å². The Bertz CT molecular complexity index is 378. The summed E-state index contributed by atoms with van der Waals surface area (Å²) < 4.78 is 12.8. The predicted octanol–water partition coefficient (Wildman–Crippen LogP) is 2.68. The largest absolute Gasteiger partial charge is 0.480 e. The van der Waals surface area contributed by atoms with Crippen LogP contribution in [0.3, 0.4) is 0 Å². The van der Waals surface area contributed by atoms with E-state index in [-0.39, 0.29) is 11.9 Å². The summed E-state index contributed by atoms with van der Waals surface area (Å²) in [6, 6.07) is 5.63. The molecule has 3 nitrogen and oxygen atoms in total. The van der Waals surface area contributed by atoms with E-state index in [1.54, 1.807) is 31.0 Å². The Morgan fingerprint density at radius 3 is 2.35 bits per heavy atom. The second-order valence-electron chi connectivity index (χ2n) is 4.16. The van der Waals surface area contributed by atoms with Crippen LogP contribution < -0.4 is 0 Å². The van der Waals surface area contributed by atoms with Gasteiger partial charge >= 0.3 is 5.97 Å². The molecule has 0 aromatic heterocycles. The van der Waals surface area contributed by atoms with Crippen molar-refractivity contribution in [2.45, 2.75) is 32.4 Å². The van der Waals surface area contributed by atoms with Crippen molar-refractivity contribution in [3.05, 3.63) is 35.6 Å². The second kappa shape index (κ2) is 5.77. The number of benzene rings is 1. The van der Waals surface area contributed by atoms with E-state index in [1.165, 1.54) is 12.1 Å². The van der Waals surface area contributed by atoms with Crippen LogP contribution in [-0.2, 0) is 4.79 Å². The molecule has 2 atom stereocenters. The van der Waals surface area contributed by atoms with Gasteiger partial charge in [-0.15, -0.1) is 0 Å². The van der Waals surface area contributed by atoms with E-state index in [4.69, 9.17) is 5.11 Å². The lowest BCUT2D eigenvalue weighted by atomic mass is 10.0. The van der Waals surface area contributed by atoms with Gasteiger partial charge in [0.2, 0.25) is 0 Å². The number of carboxylic acids is 1. The molecule has 0 amide bonds. The van der Waals surface area contributed by atoms with E-state index in [9.17, 15) is 9.18 Å². The van der Waals surface area contributed by atoms with E-state index in [0.717, 1.165) is 12.0 Å². The summed E-state index contributed by atoms with van der Waals surface area (Å²) in [7, 11) is 1.77. The van der Waals surface area contributed by atoms with Gasteiger partial charge < -0.3 is 5.11 Å². The molecule has 1 aromatic carbocycles. The summed E-state index contributed by atoms with van der Waals surface area (Å²) in [4.78, 5) is 12.7. The Labute approximate surface area is 101 Å². The lowest BCUT2D eigenvalue weighted by molar-refractivity contribution is -0.143. The highest BCUT2D eigenvalue weighted by atomic mass is 19.1. The third-order valence-corrected chi connectivity index (χ3v) is 3.10. The SMILES string of the molecule is CCC(c1ccc(F)cc1)N(C)C(C)C(=O)O. The number of hydrogen-bond donors (Lipinski definition) is 1. The van der Waals surface area contributed by atoms with E-state index in [2.05, 4.69) is 0 Å². The van der Waals surface area contributed by atoms with Gasteiger partial charge in [-0.1, -0.05) is 19.1 Å². The number of halogens is 1. The summed E-state index contributed by atoms with van der Waals surface area (Å²) in [5.74, 6) is -1.13. The average molecular weight is 239 g/mol. The van der Waals surface area contributed by atoms with Crippen molar-refractivity contribution in [3.63, 3.8) is 0 Å². The van der Waals surface area contributed by atoms with Gasteiger partial charge in [-0.2, -0.15) is 0 Å². The minimum atomic E-state index is -0.854. The van der Waals surface area contributed by atoms with Crippen LogP contribution in [0.4, 0.5) is 4.39 Å². The van der Waals surface area contributed by atoms with Gasteiger partial charge in [-0.05, 0) is 38.1 Å². The highest BCUT2D eigenvalue weighted by Crippen LogP contribution is 2.24. The Morgan fingerprint density at radius 2 is 1.94 bits per heavy atom. The Kier molecular flexibility index (Phi) is 4.63. The maximum atomic E-state index is 12.8. The van der Waals surface area contributed by atoms with Gasteiger partial charge in [0, 0.05) is 6.04 Å². The number of carboxylic acid groups (broad SMARTS) is 1. The number of nitrogens with zero attached hydrogens (tertiary/aromatic N) is 1. The summed E-state index contributed by atoms with van der Waals surface area (Å²) >= 11 is 0. The van der Waals surface area contributed by atoms with Gasteiger partial charge in [0.25, 0.3) is 0 Å². The fraction of sp³-hybridized carbons (Fsp3) is 0.462. The molecule has 0 heterocycles. The summed E-state index contributed by atoms with van der Waals surface area (Å²) in [6.07, 6.45) is 0.778. The van der Waals surface area contributed by atoms with Crippen LogP contribution >= 0.6 is 0 Å². The van der Waals surface area contributed by atoms with E-state index < -0.39 is 12.0 Å². The van der Waals surface area contributed by atoms with Crippen LogP contribution in [0.5, 0.6) is 0 Å². The van der Waals surface area contributed by atoms with E-state index in [1.807, 2.05) is 6.92 Å². The zero-order chi connectivity index (χ0) is 13.0. The fourth-order valence-corrected chi connectivity index (χ4v) is 1.89. The van der Waals surface area contributed by atoms with Crippen molar-refractivity contribution in [1.29, 1.82) is 0 Å². The molecule has 0 fully saturated rings. The molecule has 94 valence electrons. The smallest absolute Gasteiger partial charge is 0.320 e. The molecule has 0 aliphatic carbocycles. The van der Waals surface area contributed by atoms with Crippen molar-refractivity contribution in [2.24, 2.45) is 0 Å². The molecular weight excluding hydrogens is 221 g/mol. The van der Waals surface area contributed by atoms with Crippen LogP contribution in [0, 0.1) is 5.82 Å². The van der Waals surface area contributed by atoms with Gasteiger partial charge in [0.1, 0.15) is 11.9 Å². The number of rotatable bonds is 5. The minimum Gasteiger partial charge on any atom is -0.480 e. The van der Waals surface area contributed by atoms with Gasteiger partial charge in [-0.3, -0.25) is 9.69 Å². The second-order valence-corrected chi connectivity index (χ2v) is 4.16. The average Bonchev–Trinajstić information content (AvgIpc) is 2.31. The first-order valence-corrected chi connectivity index (χ1v) is 5.67. The molecule has 17 heavy (non-hydrogen) atoms. The molecule has 4 heteroatoms. The first-order valence-electron chi connectivity index (χ1n) is 5.67. The molecule has 0 bridgehead atoms. The highest BCUT2D eigenvalue weighted by Gasteiger charge is 2.24. The molecule has 0 aliphatic heterocycles. The van der Waals surface area contributed by atoms with Crippen molar-refractivity contribution >= 4 is 5.97 Å². The first-order chi connectivity index (χ1) is 7.97.